The van der Waals surface area contributed by atoms with Crippen molar-refractivity contribution in [1.29, 1.82) is 0 Å². The molecule has 0 aromatic rings. The molecule has 1 unspecified atom stereocenters. The van der Waals surface area contributed by atoms with E-state index in [1.807, 2.05) is 0 Å². The summed E-state index contributed by atoms with van der Waals surface area (Å²) in [5, 5.41) is 8.48. The average Bonchev–Trinajstić information content (AvgIpc) is 2.20. The van der Waals surface area contributed by atoms with Crippen LogP contribution in [0.4, 0.5) is 8.78 Å². The molecule has 0 spiro atoms. The summed E-state index contributed by atoms with van der Waals surface area (Å²) in [4.78, 5) is 32.2. The predicted molar refractivity (Wildman–Crippen MR) is 58.6 cm³/mol. The molecule has 0 bridgehead atoms. The Morgan fingerprint density at radius 1 is 1.21 bits per heavy atom. The smallest absolute Gasteiger partial charge is 0.379 e. The molecule has 0 aromatic heterocycles. The summed E-state index contributed by atoms with van der Waals surface area (Å²) in [6, 6.07) is 0. The Kier molecular flexibility index (Phi) is 5.40. The van der Waals surface area contributed by atoms with Gasteiger partial charge in [0.25, 0.3) is 0 Å². The Balaban J connectivity index is 4.96. The molecule has 0 fully saturated rings. The summed E-state index contributed by atoms with van der Waals surface area (Å²) in [6.45, 7) is 4.08. The average molecular weight is 282 g/mol. The maximum absolute atomic E-state index is 13.5. The van der Waals surface area contributed by atoms with E-state index in [2.05, 4.69) is 9.47 Å². The van der Waals surface area contributed by atoms with Crippen molar-refractivity contribution in [2.45, 2.75) is 39.7 Å². The minimum absolute atomic E-state index is 0.783. The third-order valence-corrected chi connectivity index (χ3v) is 2.04. The molecule has 0 heterocycles. The van der Waals surface area contributed by atoms with E-state index in [1.54, 1.807) is 0 Å². The van der Waals surface area contributed by atoms with Crippen molar-refractivity contribution in [2.75, 3.05) is 6.61 Å². The Hall–Kier alpha value is -1.73. The van der Waals surface area contributed by atoms with E-state index in [9.17, 15) is 23.2 Å². The number of carbonyl (C=O) groups is 3. The zero-order chi connectivity index (χ0) is 15.4. The molecule has 0 aromatic carbocycles. The van der Waals surface area contributed by atoms with Gasteiger partial charge in [0, 0.05) is 12.3 Å². The van der Waals surface area contributed by atoms with Crippen molar-refractivity contribution in [2.24, 2.45) is 5.41 Å². The number of carboxylic acids is 1. The predicted octanol–water partition coefficient (Wildman–Crippen LogP) is 1.23. The lowest BCUT2D eigenvalue weighted by Gasteiger charge is -2.33. The Bertz CT molecular complexity index is 372. The Morgan fingerprint density at radius 3 is 2.00 bits per heavy atom. The van der Waals surface area contributed by atoms with Gasteiger partial charge in [-0.1, -0.05) is 20.8 Å². The van der Waals surface area contributed by atoms with E-state index < -0.39 is 42.0 Å². The second-order valence-corrected chi connectivity index (χ2v) is 4.94. The van der Waals surface area contributed by atoms with Gasteiger partial charge < -0.3 is 14.6 Å². The first-order chi connectivity index (χ1) is 8.39. The highest BCUT2D eigenvalue weighted by molar-refractivity contribution is 5.78. The highest BCUT2D eigenvalue weighted by atomic mass is 19.3. The first-order valence-electron chi connectivity index (χ1n) is 5.33. The van der Waals surface area contributed by atoms with Crippen LogP contribution in [0.2, 0.25) is 0 Å². The first kappa shape index (κ1) is 17.3. The van der Waals surface area contributed by atoms with Gasteiger partial charge >= 0.3 is 23.8 Å². The maximum atomic E-state index is 13.5. The Morgan fingerprint density at radius 2 is 1.68 bits per heavy atom. The molecule has 0 amide bonds. The van der Waals surface area contributed by atoms with Gasteiger partial charge in [0.05, 0.1) is 0 Å². The largest absolute Gasteiger partial charge is 0.477 e. The summed E-state index contributed by atoms with van der Waals surface area (Å²) in [5.41, 5.74) is -1.31. The third-order valence-electron chi connectivity index (χ3n) is 2.04. The maximum Gasteiger partial charge on any atom is 0.379 e. The normalized spacial score (nSPS) is 13.6. The van der Waals surface area contributed by atoms with Gasteiger partial charge in [0.2, 0.25) is 0 Å². The van der Waals surface area contributed by atoms with Crippen LogP contribution in [0.1, 0.15) is 27.7 Å². The highest BCUT2D eigenvalue weighted by Gasteiger charge is 2.55. The van der Waals surface area contributed by atoms with Crippen molar-refractivity contribution in [1.82, 2.24) is 0 Å². The number of rotatable bonds is 5. The number of hydrogen-bond acceptors (Lipinski definition) is 5. The second-order valence-electron chi connectivity index (χ2n) is 4.94. The van der Waals surface area contributed by atoms with E-state index in [0.29, 0.717) is 0 Å². The lowest BCUT2D eigenvalue weighted by Crippen LogP contribution is -2.51. The lowest BCUT2D eigenvalue weighted by molar-refractivity contribution is -0.209. The number of aliphatic carboxylic acids is 1. The van der Waals surface area contributed by atoms with Crippen LogP contribution < -0.4 is 0 Å². The molecule has 0 aliphatic rings. The molecule has 0 saturated carbocycles. The SMILES string of the molecule is CC(=O)OCC(=O)OC(C(C)(C)C)C(F)(F)C(=O)O. The van der Waals surface area contributed by atoms with Crippen LogP contribution in [0.15, 0.2) is 0 Å². The number of ether oxygens (including phenoxy) is 2. The summed E-state index contributed by atoms with van der Waals surface area (Å²) in [6.07, 6.45) is -2.18. The topological polar surface area (TPSA) is 89.9 Å². The van der Waals surface area contributed by atoms with E-state index in [1.165, 1.54) is 20.8 Å². The van der Waals surface area contributed by atoms with Gasteiger partial charge in [-0.3, -0.25) is 4.79 Å². The van der Waals surface area contributed by atoms with Crippen LogP contribution in [0.3, 0.4) is 0 Å². The van der Waals surface area contributed by atoms with Crippen LogP contribution in [-0.4, -0.2) is 41.6 Å². The fraction of sp³-hybridized carbons (Fsp3) is 0.727. The fourth-order valence-corrected chi connectivity index (χ4v) is 1.23. The number of alkyl halides is 2. The molecular formula is C11H16F2O6. The fourth-order valence-electron chi connectivity index (χ4n) is 1.23. The standard InChI is InChI=1S/C11H16F2O6/c1-6(14)18-5-7(15)19-8(10(2,3)4)11(12,13)9(16)17/h8H,5H2,1-4H3,(H,16,17). The molecule has 0 saturated heterocycles. The number of carboxylic acid groups (broad SMARTS) is 1. The molecule has 8 heteroatoms. The van der Waals surface area contributed by atoms with Crippen molar-refractivity contribution >= 4 is 17.9 Å². The summed E-state index contributed by atoms with van der Waals surface area (Å²) < 4.78 is 35.7. The molecule has 1 atom stereocenters. The van der Waals surface area contributed by atoms with Gasteiger partial charge in [-0.2, -0.15) is 8.78 Å². The number of esters is 2. The monoisotopic (exact) mass is 282 g/mol. The lowest BCUT2D eigenvalue weighted by atomic mass is 9.85. The van der Waals surface area contributed by atoms with Crippen molar-refractivity contribution in [3.05, 3.63) is 0 Å². The minimum Gasteiger partial charge on any atom is -0.477 e. The quantitative estimate of drug-likeness (QED) is 0.763. The molecule has 0 aliphatic carbocycles. The van der Waals surface area contributed by atoms with E-state index in [0.717, 1.165) is 6.92 Å². The zero-order valence-electron chi connectivity index (χ0n) is 11.0. The van der Waals surface area contributed by atoms with Gasteiger partial charge in [0.15, 0.2) is 12.7 Å². The second kappa shape index (κ2) is 5.94. The van der Waals surface area contributed by atoms with Crippen molar-refractivity contribution in [3.63, 3.8) is 0 Å². The van der Waals surface area contributed by atoms with Crippen LogP contribution >= 0.6 is 0 Å². The van der Waals surface area contributed by atoms with Crippen LogP contribution in [0.25, 0.3) is 0 Å². The van der Waals surface area contributed by atoms with Crippen molar-refractivity contribution < 1.29 is 37.7 Å². The first-order valence-corrected chi connectivity index (χ1v) is 5.33. The van der Waals surface area contributed by atoms with Crippen LogP contribution in [0.5, 0.6) is 0 Å². The number of hydrogen-bond donors (Lipinski definition) is 1. The molecule has 110 valence electrons. The molecule has 1 N–H and O–H groups in total. The Labute approximate surface area is 108 Å². The molecule has 6 nitrogen and oxygen atoms in total. The number of halogens is 2. The number of carbonyl (C=O) groups excluding carboxylic acids is 2. The van der Waals surface area contributed by atoms with Gasteiger partial charge in [-0.05, 0) is 0 Å². The summed E-state index contributed by atoms with van der Waals surface area (Å²) in [5.74, 6) is -8.66. The van der Waals surface area contributed by atoms with Crippen molar-refractivity contribution in [3.8, 4) is 0 Å². The molecule has 0 radical (unpaired) electrons. The summed E-state index contributed by atoms with van der Waals surface area (Å²) in [7, 11) is 0. The van der Waals surface area contributed by atoms with Crippen LogP contribution in [0, 0.1) is 5.41 Å². The zero-order valence-corrected chi connectivity index (χ0v) is 11.0. The molecule has 0 aliphatic heterocycles. The van der Waals surface area contributed by atoms with E-state index in [-0.39, 0.29) is 0 Å². The minimum atomic E-state index is -4.25. The van der Waals surface area contributed by atoms with E-state index >= 15 is 0 Å². The molecular weight excluding hydrogens is 266 g/mol. The van der Waals surface area contributed by atoms with Gasteiger partial charge in [0.1, 0.15) is 0 Å². The molecule has 19 heavy (non-hydrogen) atoms. The van der Waals surface area contributed by atoms with Gasteiger partial charge in [-0.15, -0.1) is 0 Å². The van der Waals surface area contributed by atoms with Crippen LogP contribution in [-0.2, 0) is 23.9 Å². The third kappa shape index (κ3) is 5.19. The summed E-state index contributed by atoms with van der Waals surface area (Å²) >= 11 is 0. The van der Waals surface area contributed by atoms with Gasteiger partial charge in [-0.25, -0.2) is 9.59 Å². The highest BCUT2D eigenvalue weighted by Crippen LogP contribution is 2.35. The van der Waals surface area contributed by atoms with E-state index in [4.69, 9.17) is 5.11 Å². The molecule has 0 rings (SSSR count).